The molecule has 0 radical (unpaired) electrons. The minimum Gasteiger partial charge on any atom is -0.465 e. The molecule has 0 atom stereocenters. The van der Waals surface area contributed by atoms with Gasteiger partial charge in [-0.2, -0.15) is 0 Å². The zero-order valence-electron chi connectivity index (χ0n) is 11.2. The molecule has 110 valence electrons. The van der Waals surface area contributed by atoms with E-state index in [-0.39, 0.29) is 0 Å². The fourth-order valence-electron chi connectivity index (χ4n) is 2.67. The third kappa shape index (κ3) is 2.49. The Morgan fingerprint density at radius 3 is 2.38 bits per heavy atom. The molecular weight excluding hydrogens is 278 g/mol. The number of carboxylic acid groups (broad SMARTS) is 1. The van der Waals surface area contributed by atoms with Crippen LogP contribution >= 0.6 is 0 Å². The van der Waals surface area contributed by atoms with Gasteiger partial charge in [0, 0.05) is 37.3 Å². The van der Waals surface area contributed by atoms with Crippen LogP contribution in [0.5, 0.6) is 0 Å². The second kappa shape index (κ2) is 5.20. The average Bonchev–Trinajstić information content (AvgIpc) is 2.48. The lowest BCUT2D eigenvalue weighted by molar-refractivity contribution is 0.142. The average molecular weight is 292 g/mol. The summed E-state index contributed by atoms with van der Waals surface area (Å²) in [5.74, 6) is -1.74. The van der Waals surface area contributed by atoms with Gasteiger partial charge >= 0.3 is 6.09 Å². The molecule has 3 rings (SSSR count). The number of halogens is 2. The largest absolute Gasteiger partial charge is 0.465 e. The van der Waals surface area contributed by atoms with Crippen LogP contribution in [-0.4, -0.2) is 42.3 Å². The number of amides is 1. The lowest BCUT2D eigenvalue weighted by Gasteiger charge is -2.35. The third-order valence-electron chi connectivity index (χ3n) is 3.79. The van der Waals surface area contributed by atoms with Gasteiger partial charge in [-0.3, -0.25) is 0 Å². The van der Waals surface area contributed by atoms with Crippen LogP contribution in [-0.2, 0) is 0 Å². The smallest absolute Gasteiger partial charge is 0.407 e. The molecule has 21 heavy (non-hydrogen) atoms. The first-order valence-electron chi connectivity index (χ1n) is 6.67. The van der Waals surface area contributed by atoms with Crippen molar-refractivity contribution in [2.45, 2.75) is 0 Å². The lowest BCUT2D eigenvalue weighted by atomic mass is 10.1. The van der Waals surface area contributed by atoms with Crippen molar-refractivity contribution in [1.29, 1.82) is 0 Å². The molecule has 0 bridgehead atoms. The first kappa shape index (κ1) is 13.6. The molecule has 2 aromatic rings. The van der Waals surface area contributed by atoms with Crippen molar-refractivity contribution in [3.05, 3.63) is 42.0 Å². The molecule has 1 amide bonds. The van der Waals surface area contributed by atoms with Gasteiger partial charge in [-0.25, -0.2) is 13.6 Å². The van der Waals surface area contributed by atoms with Gasteiger partial charge in [0.15, 0.2) is 11.6 Å². The first-order chi connectivity index (χ1) is 10.1. The SMILES string of the molecule is O=C(O)N1CCN(c2cccc3cc(F)c(F)cc23)CC1. The van der Waals surface area contributed by atoms with Crippen LogP contribution in [0.2, 0.25) is 0 Å². The lowest BCUT2D eigenvalue weighted by Crippen LogP contribution is -2.48. The van der Waals surface area contributed by atoms with Gasteiger partial charge in [-0.05, 0) is 23.6 Å². The Morgan fingerprint density at radius 2 is 1.71 bits per heavy atom. The number of rotatable bonds is 1. The van der Waals surface area contributed by atoms with Crippen LogP contribution in [0.3, 0.4) is 0 Å². The molecular formula is C15H14F2N2O2. The summed E-state index contributed by atoms with van der Waals surface area (Å²) in [5, 5.41) is 10.2. The maximum atomic E-state index is 13.5. The summed E-state index contributed by atoms with van der Waals surface area (Å²) in [6.45, 7) is 1.86. The standard InChI is InChI=1S/C15H14F2N2O2/c16-12-8-10-2-1-3-14(11(10)9-13(12)17)18-4-6-19(7-5-18)15(20)21/h1-3,8-9H,4-7H2,(H,20,21). The van der Waals surface area contributed by atoms with Gasteiger partial charge < -0.3 is 14.9 Å². The molecule has 1 heterocycles. The fraction of sp³-hybridized carbons (Fsp3) is 0.267. The normalized spacial score (nSPS) is 15.5. The van der Waals surface area contributed by atoms with Crippen molar-refractivity contribution in [1.82, 2.24) is 4.90 Å². The Hall–Kier alpha value is -2.37. The molecule has 1 aliphatic heterocycles. The summed E-state index contributed by atoms with van der Waals surface area (Å²) in [7, 11) is 0. The topological polar surface area (TPSA) is 43.8 Å². The maximum Gasteiger partial charge on any atom is 0.407 e. The molecule has 0 saturated carbocycles. The first-order valence-corrected chi connectivity index (χ1v) is 6.67. The predicted molar refractivity (Wildman–Crippen MR) is 75.7 cm³/mol. The molecule has 2 aromatic carbocycles. The summed E-state index contributed by atoms with van der Waals surface area (Å²) >= 11 is 0. The summed E-state index contributed by atoms with van der Waals surface area (Å²) in [5.41, 5.74) is 0.802. The molecule has 6 heteroatoms. The quantitative estimate of drug-likeness (QED) is 0.879. The Labute approximate surface area is 120 Å². The predicted octanol–water partition coefficient (Wildman–Crippen LogP) is 2.92. The molecule has 0 aromatic heterocycles. The van der Waals surface area contributed by atoms with E-state index in [2.05, 4.69) is 0 Å². The van der Waals surface area contributed by atoms with Crippen molar-refractivity contribution in [2.75, 3.05) is 31.1 Å². The second-order valence-electron chi connectivity index (χ2n) is 5.02. The summed E-state index contributed by atoms with van der Waals surface area (Å²) in [6, 6.07) is 7.74. The Kier molecular flexibility index (Phi) is 3.37. The fourth-order valence-corrected chi connectivity index (χ4v) is 2.67. The van der Waals surface area contributed by atoms with E-state index in [9.17, 15) is 13.6 Å². The number of anilines is 1. The van der Waals surface area contributed by atoms with Crippen molar-refractivity contribution in [3.8, 4) is 0 Å². The number of carbonyl (C=O) groups is 1. The van der Waals surface area contributed by atoms with Gasteiger partial charge in [0.2, 0.25) is 0 Å². The van der Waals surface area contributed by atoms with Gasteiger partial charge in [-0.15, -0.1) is 0 Å². The number of piperazine rings is 1. The van der Waals surface area contributed by atoms with Crippen LogP contribution in [0, 0.1) is 11.6 Å². The Balaban J connectivity index is 1.94. The van der Waals surface area contributed by atoms with E-state index >= 15 is 0 Å². The highest BCUT2D eigenvalue weighted by Crippen LogP contribution is 2.29. The minimum atomic E-state index is -0.930. The van der Waals surface area contributed by atoms with Gasteiger partial charge in [-0.1, -0.05) is 12.1 Å². The minimum absolute atomic E-state index is 0.398. The second-order valence-corrected chi connectivity index (χ2v) is 5.02. The molecule has 4 nitrogen and oxygen atoms in total. The van der Waals surface area contributed by atoms with Gasteiger partial charge in [0.1, 0.15) is 0 Å². The number of benzene rings is 2. The summed E-state index contributed by atoms with van der Waals surface area (Å²) in [6.07, 6.45) is -0.930. The maximum absolute atomic E-state index is 13.5. The molecule has 1 fully saturated rings. The van der Waals surface area contributed by atoms with E-state index in [1.54, 1.807) is 12.1 Å². The molecule has 1 saturated heterocycles. The van der Waals surface area contributed by atoms with E-state index in [1.807, 2.05) is 11.0 Å². The highest BCUT2D eigenvalue weighted by molar-refractivity contribution is 5.94. The Bertz CT molecular complexity index is 697. The van der Waals surface area contributed by atoms with Crippen LogP contribution in [0.15, 0.2) is 30.3 Å². The van der Waals surface area contributed by atoms with Gasteiger partial charge in [0.05, 0.1) is 0 Å². The molecule has 0 spiro atoms. The molecule has 0 aliphatic carbocycles. The van der Waals surface area contributed by atoms with E-state index < -0.39 is 17.7 Å². The molecule has 0 unspecified atom stereocenters. The zero-order chi connectivity index (χ0) is 15.0. The van der Waals surface area contributed by atoms with Crippen LogP contribution in [0.4, 0.5) is 19.3 Å². The van der Waals surface area contributed by atoms with Crippen LogP contribution < -0.4 is 4.90 Å². The van der Waals surface area contributed by atoms with E-state index in [0.29, 0.717) is 37.0 Å². The van der Waals surface area contributed by atoms with E-state index in [0.717, 1.165) is 5.69 Å². The number of hydrogen-bond acceptors (Lipinski definition) is 2. The van der Waals surface area contributed by atoms with Crippen LogP contribution in [0.25, 0.3) is 10.8 Å². The highest BCUT2D eigenvalue weighted by Gasteiger charge is 2.21. The zero-order valence-corrected chi connectivity index (χ0v) is 11.2. The number of hydrogen-bond donors (Lipinski definition) is 1. The number of nitrogens with zero attached hydrogens (tertiary/aromatic N) is 2. The van der Waals surface area contributed by atoms with Crippen molar-refractivity contribution >= 4 is 22.6 Å². The van der Waals surface area contributed by atoms with Crippen molar-refractivity contribution in [2.24, 2.45) is 0 Å². The Morgan fingerprint density at radius 1 is 1.05 bits per heavy atom. The van der Waals surface area contributed by atoms with Crippen molar-refractivity contribution < 1.29 is 18.7 Å². The van der Waals surface area contributed by atoms with Crippen LogP contribution in [0.1, 0.15) is 0 Å². The highest BCUT2D eigenvalue weighted by atomic mass is 19.2. The summed E-state index contributed by atoms with van der Waals surface area (Å²) in [4.78, 5) is 14.3. The van der Waals surface area contributed by atoms with E-state index in [4.69, 9.17) is 5.11 Å². The summed E-state index contributed by atoms with van der Waals surface area (Å²) < 4.78 is 26.8. The third-order valence-corrected chi connectivity index (χ3v) is 3.79. The van der Waals surface area contributed by atoms with Gasteiger partial charge in [0.25, 0.3) is 0 Å². The van der Waals surface area contributed by atoms with Crippen molar-refractivity contribution in [3.63, 3.8) is 0 Å². The molecule has 1 N–H and O–H groups in total. The number of fused-ring (bicyclic) bond motifs is 1. The molecule has 1 aliphatic rings. The van der Waals surface area contributed by atoms with E-state index in [1.165, 1.54) is 17.0 Å². The monoisotopic (exact) mass is 292 g/mol.